The van der Waals surface area contributed by atoms with Crippen molar-refractivity contribution < 1.29 is 33.4 Å². The molecule has 0 spiro atoms. The number of carbonyl (C=O) groups is 5. The van der Waals surface area contributed by atoms with Crippen LogP contribution in [0, 0.1) is 0 Å². The van der Waals surface area contributed by atoms with Gasteiger partial charge in [-0.15, -0.1) is 0 Å². The number of nitrogens with zero attached hydrogens (tertiary/aromatic N) is 1. The first kappa shape index (κ1) is 46.8. The minimum atomic E-state index is -1.34. The average molecular weight is 849 g/mol. The summed E-state index contributed by atoms with van der Waals surface area (Å²) in [6.07, 6.45) is 3.89. The number of rotatable bonds is 18. The summed E-state index contributed by atoms with van der Waals surface area (Å²) >= 11 is 0. The van der Waals surface area contributed by atoms with E-state index in [1.807, 2.05) is 12.1 Å². The van der Waals surface area contributed by atoms with Gasteiger partial charge in [0.1, 0.15) is 48.9 Å². The number of benzene rings is 4. The molecule has 0 saturated heterocycles. The van der Waals surface area contributed by atoms with Crippen LogP contribution in [0.4, 0.5) is 0 Å². The molecule has 0 saturated carbocycles. The van der Waals surface area contributed by atoms with Crippen molar-refractivity contribution in [3.63, 3.8) is 0 Å². The molecule has 330 valence electrons. The lowest BCUT2D eigenvalue weighted by Gasteiger charge is -2.32. The number of unbranched alkanes of at least 4 members (excludes halogenated alkanes) is 1. The standard InChI is InChI=1S/C47H60N8O7/c1-4-5-7-30-9-12-32(13-10-30)33-14-16-34(17-15-33)45(58)53-38(8-6-21-48)47(60)55(3)42-35-18-20-41(62-25-23-50)37(28-35)36-26-31(11-19-40(36)61-24-22-49)27-39(43(51)56)54-44(57)29(2)52-46(42)59/h9-20,26,28-29,38-39,42H,4-8,21-25,27,48-50H2,1-3H3,(H2,51,56)(H,52,59)(H,53,58)(H,54,57)/t29-,38-,39-,42-/m0/s1. The van der Waals surface area contributed by atoms with Gasteiger partial charge in [-0.25, -0.2) is 0 Å². The van der Waals surface area contributed by atoms with Crippen LogP contribution in [0.25, 0.3) is 22.3 Å². The molecule has 0 unspecified atom stereocenters. The summed E-state index contributed by atoms with van der Waals surface area (Å²) in [4.78, 5) is 70.3. The van der Waals surface area contributed by atoms with Gasteiger partial charge >= 0.3 is 0 Å². The van der Waals surface area contributed by atoms with Gasteiger partial charge in [0.25, 0.3) is 5.91 Å². The van der Waals surface area contributed by atoms with Crippen molar-refractivity contribution >= 4 is 29.5 Å². The van der Waals surface area contributed by atoms with E-state index >= 15 is 0 Å². The van der Waals surface area contributed by atoms with E-state index in [9.17, 15) is 24.0 Å². The summed E-state index contributed by atoms with van der Waals surface area (Å²) in [7, 11) is 1.46. The molecule has 15 heteroatoms. The van der Waals surface area contributed by atoms with Gasteiger partial charge in [-0.3, -0.25) is 24.0 Å². The van der Waals surface area contributed by atoms with E-state index < -0.39 is 53.7 Å². The maximum atomic E-state index is 14.6. The normalized spacial score (nSPS) is 16.8. The van der Waals surface area contributed by atoms with Crippen molar-refractivity contribution in [2.45, 2.75) is 76.5 Å². The molecule has 11 N–H and O–H groups in total. The maximum absolute atomic E-state index is 14.6. The largest absolute Gasteiger partial charge is 0.492 e. The summed E-state index contributed by atoms with van der Waals surface area (Å²) in [5.74, 6) is -2.36. The molecule has 4 atom stereocenters. The second-order valence-electron chi connectivity index (χ2n) is 15.4. The Labute approximate surface area is 363 Å². The third kappa shape index (κ3) is 12.0. The third-order valence-corrected chi connectivity index (χ3v) is 10.8. The van der Waals surface area contributed by atoms with Crippen LogP contribution < -0.4 is 48.4 Å². The molecule has 62 heavy (non-hydrogen) atoms. The number of hydrogen-bond donors (Lipinski definition) is 7. The van der Waals surface area contributed by atoms with Gasteiger partial charge in [0.05, 0.1) is 0 Å². The lowest BCUT2D eigenvalue weighted by molar-refractivity contribution is -0.141. The lowest BCUT2D eigenvalue weighted by Crippen LogP contribution is -2.55. The Morgan fingerprint density at radius 1 is 0.790 bits per heavy atom. The SMILES string of the molecule is CCCCc1ccc(-c2ccc(C(=O)N[C@@H](CCCN)C(=O)N(C)[C@@H]3C(=O)N[C@@H](C)C(=O)N[C@H](C(N)=O)Cc4ccc(OCCN)c(c4)-c4cc3ccc4OCCN)cc2)cc1. The van der Waals surface area contributed by atoms with Gasteiger partial charge < -0.3 is 53.3 Å². The van der Waals surface area contributed by atoms with Crippen molar-refractivity contribution in [2.24, 2.45) is 22.9 Å². The average Bonchev–Trinajstić information content (AvgIpc) is 3.27. The number of aryl methyl sites for hydroxylation is 1. The number of primary amides is 1. The zero-order valence-electron chi connectivity index (χ0n) is 35.8. The fourth-order valence-corrected chi connectivity index (χ4v) is 7.35. The molecule has 1 heterocycles. The van der Waals surface area contributed by atoms with Gasteiger partial charge in [0, 0.05) is 43.2 Å². The van der Waals surface area contributed by atoms with Crippen LogP contribution in [0.2, 0.25) is 0 Å². The second kappa shape index (κ2) is 22.5. The molecule has 15 nitrogen and oxygen atoms in total. The van der Waals surface area contributed by atoms with E-state index in [2.05, 4.69) is 47.1 Å². The number of carbonyl (C=O) groups excluding carboxylic acids is 5. The fourth-order valence-electron chi connectivity index (χ4n) is 7.35. The zero-order valence-corrected chi connectivity index (χ0v) is 35.8. The molecule has 0 radical (unpaired) electrons. The lowest BCUT2D eigenvalue weighted by atomic mass is 9.93. The number of nitrogens with one attached hydrogen (secondary N) is 3. The highest BCUT2D eigenvalue weighted by molar-refractivity contribution is 5.99. The number of nitrogens with two attached hydrogens (primary N) is 4. The second-order valence-corrected chi connectivity index (χ2v) is 15.4. The minimum Gasteiger partial charge on any atom is -0.492 e. The molecule has 5 rings (SSSR count). The Morgan fingerprint density at radius 2 is 1.40 bits per heavy atom. The molecule has 0 aromatic heterocycles. The molecule has 1 aliphatic heterocycles. The quantitative estimate of drug-likeness (QED) is 0.0771. The molecule has 4 bridgehead atoms. The van der Waals surface area contributed by atoms with Crippen LogP contribution in [0.3, 0.4) is 0 Å². The smallest absolute Gasteiger partial charge is 0.251 e. The molecule has 4 aromatic rings. The summed E-state index contributed by atoms with van der Waals surface area (Å²) in [6, 6.07) is 21.1. The Bertz CT molecular complexity index is 2180. The van der Waals surface area contributed by atoms with Gasteiger partial charge in [-0.2, -0.15) is 0 Å². The first-order chi connectivity index (χ1) is 29.9. The highest BCUT2D eigenvalue weighted by Gasteiger charge is 2.36. The number of hydrogen-bond acceptors (Lipinski definition) is 10. The zero-order chi connectivity index (χ0) is 44.8. The van der Waals surface area contributed by atoms with Crippen molar-refractivity contribution in [3.8, 4) is 33.8 Å². The van der Waals surface area contributed by atoms with E-state index in [4.69, 9.17) is 32.4 Å². The van der Waals surface area contributed by atoms with Crippen LogP contribution in [0.1, 0.15) is 72.6 Å². The molecule has 1 aliphatic rings. The summed E-state index contributed by atoms with van der Waals surface area (Å²) in [5, 5.41) is 8.27. The summed E-state index contributed by atoms with van der Waals surface area (Å²) < 4.78 is 12.2. The van der Waals surface area contributed by atoms with E-state index in [0.29, 0.717) is 45.7 Å². The highest BCUT2D eigenvalue weighted by Crippen LogP contribution is 2.40. The van der Waals surface area contributed by atoms with Crippen LogP contribution in [-0.2, 0) is 32.0 Å². The summed E-state index contributed by atoms with van der Waals surface area (Å²) in [5.41, 5.74) is 28.9. The Morgan fingerprint density at radius 3 is 2.00 bits per heavy atom. The Kier molecular flexibility index (Phi) is 17.0. The molecular formula is C47H60N8O7. The van der Waals surface area contributed by atoms with Gasteiger partial charge in [-0.05, 0) is 103 Å². The number of likely N-dealkylation sites (N-methyl/N-ethyl adjacent to an activating group) is 1. The number of ether oxygens (including phenoxy) is 2. The van der Waals surface area contributed by atoms with Gasteiger partial charge in [0.2, 0.25) is 23.6 Å². The van der Waals surface area contributed by atoms with E-state index in [0.717, 1.165) is 30.4 Å². The van der Waals surface area contributed by atoms with Crippen LogP contribution in [0.5, 0.6) is 11.5 Å². The van der Waals surface area contributed by atoms with Gasteiger partial charge in [0.15, 0.2) is 0 Å². The number of fused-ring (bicyclic) bond motifs is 5. The third-order valence-electron chi connectivity index (χ3n) is 10.8. The monoisotopic (exact) mass is 848 g/mol. The van der Waals surface area contributed by atoms with Crippen molar-refractivity contribution in [1.82, 2.24) is 20.9 Å². The first-order valence-corrected chi connectivity index (χ1v) is 21.2. The Balaban J connectivity index is 1.53. The fraction of sp³-hybridized carbons (Fsp3) is 0.383. The summed E-state index contributed by atoms with van der Waals surface area (Å²) in [6.45, 7) is 4.66. The number of amides is 5. The van der Waals surface area contributed by atoms with E-state index in [-0.39, 0.29) is 45.7 Å². The van der Waals surface area contributed by atoms with Crippen molar-refractivity contribution in [3.05, 3.63) is 107 Å². The molecule has 0 aliphatic carbocycles. The van der Waals surface area contributed by atoms with E-state index in [1.54, 1.807) is 48.5 Å². The minimum absolute atomic E-state index is 0.0392. The molecule has 0 fully saturated rings. The predicted octanol–water partition coefficient (Wildman–Crippen LogP) is 3.11. The van der Waals surface area contributed by atoms with Crippen molar-refractivity contribution in [1.29, 1.82) is 0 Å². The molecular weight excluding hydrogens is 789 g/mol. The van der Waals surface area contributed by atoms with E-state index in [1.165, 1.54) is 24.4 Å². The predicted molar refractivity (Wildman–Crippen MR) is 239 cm³/mol. The van der Waals surface area contributed by atoms with Crippen LogP contribution in [0.15, 0.2) is 84.9 Å². The molecule has 5 amide bonds. The van der Waals surface area contributed by atoms with Crippen molar-refractivity contribution in [2.75, 3.05) is 39.9 Å². The van der Waals surface area contributed by atoms with Crippen LogP contribution >= 0.6 is 0 Å². The maximum Gasteiger partial charge on any atom is 0.251 e. The highest BCUT2D eigenvalue weighted by atomic mass is 16.5. The topological polar surface area (TPSA) is 247 Å². The van der Waals surface area contributed by atoms with Crippen LogP contribution in [-0.4, -0.2) is 92.5 Å². The van der Waals surface area contributed by atoms with Gasteiger partial charge in [-0.1, -0.05) is 61.9 Å². The molecule has 4 aromatic carbocycles. The first-order valence-electron chi connectivity index (χ1n) is 21.2. The Hall–Kier alpha value is -6.29.